The molecule has 2 nitrogen and oxygen atoms in total. The van der Waals surface area contributed by atoms with Gasteiger partial charge in [-0.2, -0.15) is 0 Å². The fourth-order valence-corrected chi connectivity index (χ4v) is 6.82. The highest BCUT2D eigenvalue weighted by Crippen LogP contribution is 2.43. The molecule has 0 saturated heterocycles. The third-order valence-corrected chi connectivity index (χ3v) is 8.42. The van der Waals surface area contributed by atoms with Crippen LogP contribution in [0.15, 0.2) is 115 Å². The molecule has 1 saturated carbocycles. The molecule has 0 atom stereocenters. The molecular formula is C35H28N2. The predicted octanol–water partition coefficient (Wildman–Crippen LogP) is 9.67. The van der Waals surface area contributed by atoms with Crippen LogP contribution in [0, 0.1) is 0 Å². The van der Waals surface area contributed by atoms with Crippen molar-refractivity contribution in [3.63, 3.8) is 0 Å². The van der Waals surface area contributed by atoms with E-state index in [4.69, 9.17) is 0 Å². The van der Waals surface area contributed by atoms with Crippen molar-refractivity contribution in [3.8, 4) is 16.8 Å². The quantitative estimate of drug-likeness (QED) is 0.240. The number of nitrogens with zero attached hydrogens (tertiary/aromatic N) is 2. The first-order valence-electron chi connectivity index (χ1n) is 13.5. The van der Waals surface area contributed by atoms with Crippen molar-refractivity contribution in [2.24, 2.45) is 0 Å². The van der Waals surface area contributed by atoms with Crippen molar-refractivity contribution in [1.29, 1.82) is 0 Å². The summed E-state index contributed by atoms with van der Waals surface area (Å²) in [5, 5.41) is 5.33. The number of fused-ring (bicyclic) bond motifs is 6. The van der Waals surface area contributed by atoms with E-state index in [1.165, 1.54) is 86.1 Å². The molecule has 7 aromatic rings. The number of benzene rings is 5. The van der Waals surface area contributed by atoms with Gasteiger partial charge in [-0.3, -0.25) is 0 Å². The van der Waals surface area contributed by atoms with Gasteiger partial charge in [-0.05, 0) is 48.7 Å². The van der Waals surface area contributed by atoms with Crippen LogP contribution in [0.4, 0.5) is 0 Å². The predicted molar refractivity (Wildman–Crippen MR) is 157 cm³/mol. The van der Waals surface area contributed by atoms with Crippen LogP contribution < -0.4 is 0 Å². The fourth-order valence-electron chi connectivity index (χ4n) is 6.82. The van der Waals surface area contributed by atoms with E-state index in [2.05, 4.69) is 124 Å². The minimum absolute atomic E-state index is 0.572. The zero-order valence-corrected chi connectivity index (χ0v) is 20.8. The molecule has 5 aromatic carbocycles. The number of aromatic nitrogens is 2. The van der Waals surface area contributed by atoms with E-state index < -0.39 is 0 Å². The summed E-state index contributed by atoms with van der Waals surface area (Å²) in [6, 6.07) is 43.0. The molecular weight excluding hydrogens is 448 g/mol. The van der Waals surface area contributed by atoms with Crippen molar-refractivity contribution in [2.45, 2.75) is 31.7 Å². The second kappa shape index (κ2) is 8.11. The first-order valence-corrected chi connectivity index (χ1v) is 13.5. The molecule has 1 aliphatic carbocycles. The number of hydrogen-bond donors (Lipinski definition) is 0. The van der Waals surface area contributed by atoms with E-state index >= 15 is 0 Å². The van der Waals surface area contributed by atoms with Gasteiger partial charge in [0.2, 0.25) is 0 Å². The van der Waals surface area contributed by atoms with Crippen LogP contribution in [-0.2, 0) is 0 Å². The Morgan fingerprint density at radius 2 is 1.16 bits per heavy atom. The number of para-hydroxylation sites is 4. The lowest BCUT2D eigenvalue weighted by Crippen LogP contribution is -2.04. The van der Waals surface area contributed by atoms with Crippen LogP contribution in [0.1, 0.15) is 31.7 Å². The van der Waals surface area contributed by atoms with Gasteiger partial charge in [0, 0.05) is 44.4 Å². The Balaban J connectivity index is 1.46. The molecule has 0 aliphatic heterocycles. The molecule has 0 radical (unpaired) electrons. The highest BCUT2D eigenvalue weighted by Gasteiger charge is 2.24. The Bertz CT molecular complexity index is 1930. The molecule has 1 fully saturated rings. The van der Waals surface area contributed by atoms with E-state index in [-0.39, 0.29) is 0 Å². The van der Waals surface area contributed by atoms with E-state index in [1.807, 2.05) is 0 Å². The van der Waals surface area contributed by atoms with Gasteiger partial charge in [-0.25, -0.2) is 0 Å². The number of rotatable bonds is 3. The van der Waals surface area contributed by atoms with Gasteiger partial charge in [0.05, 0.1) is 16.6 Å². The van der Waals surface area contributed by atoms with Crippen molar-refractivity contribution < 1.29 is 0 Å². The van der Waals surface area contributed by atoms with Gasteiger partial charge in [-0.15, -0.1) is 0 Å². The summed E-state index contributed by atoms with van der Waals surface area (Å²) in [6.07, 6.45) is 5.18. The minimum atomic E-state index is 0.572. The average Bonchev–Trinajstić information content (AvgIpc) is 3.68. The monoisotopic (exact) mass is 476 g/mol. The highest BCUT2D eigenvalue weighted by atomic mass is 15.0. The lowest BCUT2D eigenvalue weighted by molar-refractivity contribution is 0.550. The summed E-state index contributed by atoms with van der Waals surface area (Å²) in [6.45, 7) is 0. The molecule has 0 bridgehead atoms. The summed E-state index contributed by atoms with van der Waals surface area (Å²) in [5.74, 6) is 0. The Labute approximate surface area is 216 Å². The van der Waals surface area contributed by atoms with Crippen LogP contribution in [0.3, 0.4) is 0 Å². The lowest BCUT2D eigenvalue weighted by Gasteiger charge is -2.18. The average molecular weight is 477 g/mol. The third kappa shape index (κ3) is 3.05. The zero-order valence-electron chi connectivity index (χ0n) is 20.8. The maximum Gasteiger partial charge on any atom is 0.0573 e. The van der Waals surface area contributed by atoms with E-state index in [9.17, 15) is 0 Å². The Morgan fingerprint density at radius 1 is 0.514 bits per heavy atom. The third-order valence-electron chi connectivity index (χ3n) is 8.42. The summed E-state index contributed by atoms with van der Waals surface area (Å²) < 4.78 is 5.09. The zero-order chi connectivity index (χ0) is 24.3. The number of hydrogen-bond acceptors (Lipinski definition) is 0. The SMILES string of the molecule is c1ccc(-n2c3ccccc3c3ccc(-c4cccc5c6ccccc6n(C6CCCC6)c45)cc32)cc1. The van der Waals surface area contributed by atoms with Crippen molar-refractivity contribution in [2.75, 3.05) is 0 Å². The maximum atomic E-state index is 2.67. The standard InChI is InChI=1S/C35H28N2/c1-2-11-25(12-3-1)36-32-19-8-6-15-28(32)30-22-21-24(23-34(30)36)27-17-10-18-31-29-16-7-9-20-33(29)37(35(27)31)26-13-4-5-14-26/h1-3,6-12,15-23,26H,4-5,13-14H2. The fraction of sp³-hybridized carbons (Fsp3) is 0.143. The molecule has 1 aliphatic rings. The van der Waals surface area contributed by atoms with Crippen molar-refractivity contribution in [1.82, 2.24) is 9.13 Å². The van der Waals surface area contributed by atoms with Gasteiger partial charge >= 0.3 is 0 Å². The Hall–Kier alpha value is -4.30. The Morgan fingerprint density at radius 3 is 1.97 bits per heavy atom. The molecule has 0 spiro atoms. The van der Waals surface area contributed by atoms with Gasteiger partial charge in [-0.1, -0.05) is 97.8 Å². The topological polar surface area (TPSA) is 9.86 Å². The summed E-state index contributed by atoms with van der Waals surface area (Å²) >= 11 is 0. The highest BCUT2D eigenvalue weighted by molar-refractivity contribution is 6.14. The normalized spacial score (nSPS) is 14.5. The second-order valence-corrected chi connectivity index (χ2v) is 10.4. The van der Waals surface area contributed by atoms with Crippen LogP contribution >= 0.6 is 0 Å². The largest absolute Gasteiger partial charge is 0.337 e. The second-order valence-electron chi connectivity index (χ2n) is 10.4. The minimum Gasteiger partial charge on any atom is -0.337 e. The molecule has 8 rings (SSSR count). The molecule has 0 amide bonds. The summed E-state index contributed by atoms with van der Waals surface area (Å²) in [4.78, 5) is 0. The lowest BCUT2D eigenvalue weighted by atomic mass is 10.00. The van der Waals surface area contributed by atoms with Gasteiger partial charge in [0.1, 0.15) is 0 Å². The summed E-state index contributed by atoms with van der Waals surface area (Å²) in [7, 11) is 0. The van der Waals surface area contributed by atoms with Crippen LogP contribution in [0.25, 0.3) is 60.4 Å². The molecule has 2 heterocycles. The molecule has 178 valence electrons. The first kappa shape index (κ1) is 20.8. The van der Waals surface area contributed by atoms with E-state index in [0.717, 1.165) is 0 Å². The van der Waals surface area contributed by atoms with Gasteiger partial charge < -0.3 is 9.13 Å². The molecule has 37 heavy (non-hydrogen) atoms. The molecule has 2 heteroatoms. The summed E-state index contributed by atoms with van der Waals surface area (Å²) in [5.41, 5.74) is 9.06. The van der Waals surface area contributed by atoms with Gasteiger partial charge in [0.15, 0.2) is 0 Å². The van der Waals surface area contributed by atoms with Crippen molar-refractivity contribution >= 4 is 43.6 Å². The van der Waals surface area contributed by atoms with Crippen molar-refractivity contribution in [3.05, 3.63) is 115 Å². The van der Waals surface area contributed by atoms with Gasteiger partial charge in [0.25, 0.3) is 0 Å². The van der Waals surface area contributed by atoms with E-state index in [0.29, 0.717) is 6.04 Å². The van der Waals surface area contributed by atoms with Crippen LogP contribution in [-0.4, -0.2) is 9.13 Å². The first-order chi connectivity index (χ1) is 18.4. The van der Waals surface area contributed by atoms with E-state index in [1.54, 1.807) is 0 Å². The molecule has 0 unspecified atom stereocenters. The maximum absolute atomic E-state index is 2.67. The Kier molecular flexibility index (Phi) is 4.57. The van der Waals surface area contributed by atoms with Crippen LogP contribution in [0.5, 0.6) is 0 Å². The smallest absolute Gasteiger partial charge is 0.0573 e. The molecule has 0 N–H and O–H groups in total. The molecule has 2 aromatic heterocycles. The van der Waals surface area contributed by atoms with Crippen LogP contribution in [0.2, 0.25) is 0 Å².